The summed E-state index contributed by atoms with van der Waals surface area (Å²) in [5.74, 6) is -0.100. The van der Waals surface area contributed by atoms with Crippen molar-refractivity contribution in [1.29, 1.82) is 0 Å². The van der Waals surface area contributed by atoms with Crippen molar-refractivity contribution >= 4 is 22.6 Å². The van der Waals surface area contributed by atoms with Crippen molar-refractivity contribution in [3.63, 3.8) is 0 Å². The number of fused-ring (bicyclic) bond motifs is 2. The second-order valence-electron chi connectivity index (χ2n) is 6.46. The second kappa shape index (κ2) is 5.84. The first-order valence-electron chi connectivity index (χ1n) is 8.31. The molecule has 0 saturated carbocycles. The maximum Gasteiger partial charge on any atom is 0.264 e. The minimum absolute atomic E-state index is 0.0238. The van der Waals surface area contributed by atoms with Gasteiger partial charge in [0.15, 0.2) is 5.65 Å². The average molecular weight is 337 g/mol. The summed E-state index contributed by atoms with van der Waals surface area (Å²) < 4.78 is 2.90. The molecule has 2 aromatic heterocycles. The normalized spacial score (nSPS) is 13.9. The van der Waals surface area contributed by atoms with E-state index in [0.29, 0.717) is 17.6 Å². The highest BCUT2D eigenvalue weighted by atomic mass is 16.2. The summed E-state index contributed by atoms with van der Waals surface area (Å²) in [6.45, 7) is 2.70. The number of hydrogen-bond acceptors (Lipinski definition) is 4. The number of nitrogens with zero attached hydrogens (tertiary/aromatic N) is 5. The Labute approximate surface area is 144 Å². The topological polar surface area (TPSA) is 73.0 Å². The van der Waals surface area contributed by atoms with Gasteiger partial charge in [0.05, 0.1) is 6.20 Å². The van der Waals surface area contributed by atoms with Gasteiger partial charge in [-0.1, -0.05) is 17.7 Å². The number of carbonyl (C=O) groups excluding carboxylic acids is 1. The average Bonchev–Trinajstić information content (AvgIpc) is 2.98. The Balaban J connectivity index is 1.65. The highest BCUT2D eigenvalue weighted by molar-refractivity contribution is 5.94. The number of carbonyl (C=O) groups is 1. The Morgan fingerprint density at radius 1 is 1.32 bits per heavy atom. The molecule has 0 unspecified atom stereocenters. The summed E-state index contributed by atoms with van der Waals surface area (Å²) in [5.41, 5.74) is 3.61. The van der Waals surface area contributed by atoms with Gasteiger partial charge in [-0.3, -0.25) is 18.8 Å². The Kier molecular flexibility index (Phi) is 3.63. The molecule has 3 aromatic rings. The van der Waals surface area contributed by atoms with Crippen LogP contribution >= 0.6 is 0 Å². The molecular weight excluding hydrogens is 318 g/mol. The van der Waals surface area contributed by atoms with E-state index in [1.807, 2.05) is 12.1 Å². The van der Waals surface area contributed by atoms with Crippen LogP contribution in [0.5, 0.6) is 0 Å². The van der Waals surface area contributed by atoms with Crippen LogP contribution in [-0.4, -0.2) is 31.8 Å². The second-order valence-corrected chi connectivity index (χ2v) is 6.46. The fourth-order valence-corrected chi connectivity index (χ4v) is 3.40. The van der Waals surface area contributed by atoms with Gasteiger partial charge in [0, 0.05) is 19.3 Å². The van der Waals surface area contributed by atoms with Crippen LogP contribution in [0.15, 0.2) is 35.5 Å². The molecule has 0 bridgehead atoms. The van der Waals surface area contributed by atoms with Gasteiger partial charge in [-0.05, 0) is 31.4 Å². The highest BCUT2D eigenvalue weighted by Crippen LogP contribution is 2.28. The summed E-state index contributed by atoms with van der Waals surface area (Å²) in [7, 11) is 1.73. The molecule has 0 radical (unpaired) electrons. The van der Waals surface area contributed by atoms with Crippen molar-refractivity contribution < 1.29 is 4.79 Å². The lowest BCUT2D eigenvalue weighted by Gasteiger charge is -2.30. The summed E-state index contributed by atoms with van der Waals surface area (Å²) in [6.07, 6.45) is 4.82. The zero-order valence-electron chi connectivity index (χ0n) is 14.3. The van der Waals surface area contributed by atoms with Crippen molar-refractivity contribution in [1.82, 2.24) is 19.3 Å². The van der Waals surface area contributed by atoms with Gasteiger partial charge in [-0.2, -0.15) is 5.10 Å². The van der Waals surface area contributed by atoms with Crippen LogP contribution in [0.2, 0.25) is 0 Å². The van der Waals surface area contributed by atoms with Gasteiger partial charge in [-0.25, -0.2) is 4.98 Å². The molecule has 3 heterocycles. The molecule has 0 spiro atoms. The van der Waals surface area contributed by atoms with Crippen LogP contribution in [0.3, 0.4) is 0 Å². The number of hydrogen-bond donors (Lipinski definition) is 0. The standard InChI is InChI=1S/C18H19N5O2/c1-12-5-6-15-13(8-12)4-3-7-23(15)16(24)10-22-11-19-17-14(18(22)25)9-20-21(17)2/h5-6,8-9,11H,3-4,7,10H2,1-2H3. The third kappa shape index (κ3) is 2.61. The van der Waals surface area contributed by atoms with Crippen molar-refractivity contribution in [2.24, 2.45) is 7.05 Å². The molecule has 25 heavy (non-hydrogen) atoms. The number of amides is 1. The lowest BCUT2D eigenvalue weighted by molar-refractivity contribution is -0.119. The first-order chi connectivity index (χ1) is 12.0. The molecule has 0 saturated heterocycles. The van der Waals surface area contributed by atoms with E-state index in [1.165, 1.54) is 28.2 Å². The van der Waals surface area contributed by atoms with E-state index in [2.05, 4.69) is 23.1 Å². The van der Waals surface area contributed by atoms with Gasteiger partial charge in [-0.15, -0.1) is 0 Å². The van der Waals surface area contributed by atoms with Crippen LogP contribution in [0, 0.1) is 6.92 Å². The monoisotopic (exact) mass is 337 g/mol. The van der Waals surface area contributed by atoms with Gasteiger partial charge >= 0.3 is 0 Å². The third-order valence-electron chi connectivity index (χ3n) is 4.68. The quantitative estimate of drug-likeness (QED) is 0.709. The van der Waals surface area contributed by atoms with Crippen molar-refractivity contribution in [2.45, 2.75) is 26.3 Å². The fraction of sp³-hybridized carbons (Fsp3) is 0.333. The summed E-state index contributed by atoms with van der Waals surface area (Å²) in [4.78, 5) is 31.4. The van der Waals surface area contributed by atoms with Crippen LogP contribution in [0.4, 0.5) is 5.69 Å². The van der Waals surface area contributed by atoms with E-state index >= 15 is 0 Å². The van der Waals surface area contributed by atoms with Gasteiger partial charge in [0.25, 0.3) is 5.56 Å². The number of aryl methyl sites for hydroxylation is 3. The first-order valence-corrected chi connectivity index (χ1v) is 8.31. The van der Waals surface area contributed by atoms with Crippen molar-refractivity contribution in [2.75, 3.05) is 11.4 Å². The molecule has 7 heteroatoms. The van der Waals surface area contributed by atoms with E-state index in [9.17, 15) is 9.59 Å². The summed E-state index contributed by atoms with van der Waals surface area (Å²) in [6, 6.07) is 6.14. The largest absolute Gasteiger partial charge is 0.311 e. The van der Waals surface area contributed by atoms with Crippen LogP contribution in [0.25, 0.3) is 11.0 Å². The Morgan fingerprint density at radius 3 is 3.00 bits per heavy atom. The molecule has 1 amide bonds. The summed E-state index contributed by atoms with van der Waals surface area (Å²) >= 11 is 0. The van der Waals surface area contributed by atoms with Crippen LogP contribution < -0.4 is 10.5 Å². The maximum absolute atomic E-state index is 12.8. The lowest BCUT2D eigenvalue weighted by Crippen LogP contribution is -2.39. The molecule has 7 nitrogen and oxygen atoms in total. The van der Waals surface area contributed by atoms with E-state index in [4.69, 9.17) is 0 Å². The number of benzene rings is 1. The number of aromatic nitrogens is 4. The van der Waals surface area contributed by atoms with Crippen LogP contribution in [-0.2, 0) is 24.8 Å². The predicted molar refractivity (Wildman–Crippen MR) is 94.6 cm³/mol. The fourth-order valence-electron chi connectivity index (χ4n) is 3.40. The number of anilines is 1. The van der Waals surface area contributed by atoms with Crippen LogP contribution in [0.1, 0.15) is 17.5 Å². The smallest absolute Gasteiger partial charge is 0.264 e. The molecule has 4 rings (SSSR count). The predicted octanol–water partition coefficient (Wildman–Crippen LogP) is 1.42. The molecule has 0 atom stereocenters. The molecular formula is C18H19N5O2. The number of rotatable bonds is 2. The van der Waals surface area contributed by atoms with Crippen molar-refractivity contribution in [3.8, 4) is 0 Å². The van der Waals surface area contributed by atoms with E-state index in [0.717, 1.165) is 18.5 Å². The molecule has 128 valence electrons. The molecule has 0 N–H and O–H groups in total. The summed E-state index contributed by atoms with van der Waals surface area (Å²) in [5, 5.41) is 4.47. The Hall–Kier alpha value is -2.96. The Bertz CT molecular complexity index is 1030. The molecule has 1 aliphatic heterocycles. The maximum atomic E-state index is 12.8. The molecule has 1 aromatic carbocycles. The SMILES string of the molecule is Cc1ccc2c(c1)CCCN2C(=O)Cn1cnc2c(cnn2C)c1=O. The molecule has 1 aliphatic rings. The first kappa shape index (κ1) is 15.6. The minimum Gasteiger partial charge on any atom is -0.311 e. The van der Waals surface area contributed by atoms with E-state index < -0.39 is 0 Å². The van der Waals surface area contributed by atoms with Gasteiger partial charge in [0.2, 0.25) is 5.91 Å². The van der Waals surface area contributed by atoms with Gasteiger partial charge < -0.3 is 4.90 Å². The van der Waals surface area contributed by atoms with E-state index in [1.54, 1.807) is 16.6 Å². The van der Waals surface area contributed by atoms with E-state index in [-0.39, 0.29) is 18.0 Å². The molecule has 0 fully saturated rings. The highest BCUT2D eigenvalue weighted by Gasteiger charge is 2.23. The minimum atomic E-state index is -0.243. The van der Waals surface area contributed by atoms with Gasteiger partial charge in [0.1, 0.15) is 18.3 Å². The zero-order chi connectivity index (χ0) is 17.6. The third-order valence-corrected chi connectivity index (χ3v) is 4.68. The van der Waals surface area contributed by atoms with Crippen molar-refractivity contribution in [3.05, 3.63) is 52.2 Å². The molecule has 0 aliphatic carbocycles. The Morgan fingerprint density at radius 2 is 2.16 bits per heavy atom. The lowest BCUT2D eigenvalue weighted by atomic mass is 9.99. The zero-order valence-corrected chi connectivity index (χ0v) is 14.3.